The summed E-state index contributed by atoms with van der Waals surface area (Å²) < 4.78 is 0. The van der Waals surface area contributed by atoms with Crippen LogP contribution in [-0.2, 0) is 12.8 Å². The molecule has 7 nitrogen and oxygen atoms in total. The van der Waals surface area contributed by atoms with Crippen LogP contribution < -0.4 is 15.5 Å². The molecule has 1 heterocycles. The Morgan fingerprint density at radius 2 is 1.88 bits per heavy atom. The lowest BCUT2D eigenvalue weighted by molar-refractivity contribution is 0.190. The number of aromatic nitrogens is 2. The first-order valence-corrected chi connectivity index (χ1v) is 9.33. The third-order valence-electron chi connectivity index (χ3n) is 5.31. The number of carboxylic acid groups (broad SMARTS) is 1. The monoisotopic (exact) mass is 347 g/mol. The second-order valence-electron chi connectivity index (χ2n) is 7.45. The van der Waals surface area contributed by atoms with Gasteiger partial charge in [-0.2, -0.15) is 4.98 Å². The van der Waals surface area contributed by atoms with Crippen molar-refractivity contribution in [2.45, 2.75) is 57.4 Å². The van der Waals surface area contributed by atoms with Gasteiger partial charge in [0.15, 0.2) is 0 Å². The molecular weight excluding hydrogens is 318 g/mol. The Labute approximate surface area is 149 Å². The molecule has 3 rings (SSSR count). The number of aryl methyl sites for hydroxylation is 1. The van der Waals surface area contributed by atoms with Crippen LogP contribution in [0.1, 0.15) is 49.8 Å². The van der Waals surface area contributed by atoms with Gasteiger partial charge in [0.05, 0.1) is 5.69 Å². The van der Waals surface area contributed by atoms with Crippen LogP contribution in [0.5, 0.6) is 0 Å². The van der Waals surface area contributed by atoms with Crippen molar-refractivity contribution in [3.63, 3.8) is 0 Å². The van der Waals surface area contributed by atoms with Gasteiger partial charge >= 0.3 is 6.09 Å². The largest absolute Gasteiger partial charge is 0.465 e. The highest BCUT2D eigenvalue weighted by molar-refractivity contribution is 5.64. The molecule has 0 atom stereocenters. The number of nitrogens with one attached hydrogen (secondary N) is 2. The lowest BCUT2D eigenvalue weighted by atomic mass is 9.86. The normalized spacial score (nSPS) is 22.8. The van der Waals surface area contributed by atoms with Gasteiger partial charge in [-0.3, -0.25) is 0 Å². The molecule has 2 aliphatic rings. The molecule has 0 unspecified atom stereocenters. The molecule has 1 aromatic rings. The van der Waals surface area contributed by atoms with Crippen molar-refractivity contribution in [2.24, 2.45) is 5.92 Å². The summed E-state index contributed by atoms with van der Waals surface area (Å²) in [6.45, 7) is 0.558. The van der Waals surface area contributed by atoms with Crippen LogP contribution >= 0.6 is 0 Å². The molecule has 0 saturated heterocycles. The van der Waals surface area contributed by atoms with Crippen LogP contribution in [0.3, 0.4) is 0 Å². The summed E-state index contributed by atoms with van der Waals surface area (Å²) in [4.78, 5) is 22.3. The van der Waals surface area contributed by atoms with Crippen LogP contribution in [0.25, 0.3) is 0 Å². The van der Waals surface area contributed by atoms with Crippen LogP contribution in [0.15, 0.2) is 0 Å². The molecule has 7 heteroatoms. The lowest BCUT2D eigenvalue weighted by Gasteiger charge is -2.30. The molecule has 138 valence electrons. The maximum Gasteiger partial charge on any atom is 0.404 e. The van der Waals surface area contributed by atoms with Gasteiger partial charge < -0.3 is 20.6 Å². The Bertz CT molecular complexity index is 612. The summed E-state index contributed by atoms with van der Waals surface area (Å²) in [6, 6.07) is 0.373. The standard InChI is InChI=1S/C18H29N5O2/c1-23(2)16-14-5-3-4-6-15(14)21-17(22-16)20-13-9-7-12(8-10-13)11-19-18(24)25/h12-13,19H,3-11H2,1-2H3,(H,24,25)(H,20,21,22). The number of hydrogen-bond acceptors (Lipinski definition) is 5. The Kier molecular flexibility index (Phi) is 5.60. The van der Waals surface area contributed by atoms with Gasteiger partial charge in [0.2, 0.25) is 5.95 Å². The minimum atomic E-state index is -0.932. The molecule has 2 aliphatic carbocycles. The van der Waals surface area contributed by atoms with Crippen LogP contribution in [0.4, 0.5) is 16.6 Å². The molecule has 0 aromatic carbocycles. The second-order valence-corrected chi connectivity index (χ2v) is 7.45. The molecule has 1 fully saturated rings. The third kappa shape index (κ3) is 4.52. The van der Waals surface area contributed by atoms with Crippen LogP contribution in [0.2, 0.25) is 0 Å². The molecular formula is C18H29N5O2. The number of fused-ring (bicyclic) bond motifs is 1. The highest BCUT2D eigenvalue weighted by Gasteiger charge is 2.24. The topological polar surface area (TPSA) is 90.4 Å². The van der Waals surface area contributed by atoms with Gasteiger partial charge in [-0.15, -0.1) is 0 Å². The Balaban J connectivity index is 1.62. The fourth-order valence-electron chi connectivity index (χ4n) is 3.93. The molecule has 1 saturated carbocycles. The second kappa shape index (κ2) is 7.89. The van der Waals surface area contributed by atoms with E-state index in [2.05, 4.69) is 15.5 Å². The van der Waals surface area contributed by atoms with E-state index in [1.807, 2.05) is 14.1 Å². The summed E-state index contributed by atoms with van der Waals surface area (Å²) in [5, 5.41) is 14.7. The maximum absolute atomic E-state index is 10.6. The molecule has 25 heavy (non-hydrogen) atoms. The predicted molar refractivity (Wildman–Crippen MR) is 98.4 cm³/mol. The summed E-state index contributed by atoms with van der Waals surface area (Å²) in [7, 11) is 4.09. The smallest absolute Gasteiger partial charge is 0.404 e. The van der Waals surface area contributed by atoms with Gasteiger partial charge in [-0.1, -0.05) is 0 Å². The zero-order valence-corrected chi connectivity index (χ0v) is 15.2. The molecule has 0 aliphatic heterocycles. The summed E-state index contributed by atoms with van der Waals surface area (Å²) in [6.07, 6.45) is 7.74. The number of carbonyl (C=O) groups is 1. The van der Waals surface area contributed by atoms with Gasteiger partial charge in [0.25, 0.3) is 0 Å². The van der Waals surface area contributed by atoms with E-state index in [0.29, 0.717) is 18.5 Å². The van der Waals surface area contributed by atoms with E-state index < -0.39 is 6.09 Å². The fourth-order valence-corrected chi connectivity index (χ4v) is 3.93. The van der Waals surface area contributed by atoms with E-state index in [1.165, 1.54) is 24.1 Å². The average Bonchev–Trinajstić information content (AvgIpc) is 2.60. The van der Waals surface area contributed by atoms with Crippen molar-refractivity contribution in [2.75, 3.05) is 30.9 Å². The molecule has 1 aromatic heterocycles. The van der Waals surface area contributed by atoms with Gasteiger partial charge in [0.1, 0.15) is 5.82 Å². The zero-order chi connectivity index (χ0) is 17.8. The average molecular weight is 347 g/mol. The van der Waals surface area contributed by atoms with E-state index in [1.54, 1.807) is 0 Å². The molecule has 3 N–H and O–H groups in total. The van der Waals surface area contributed by atoms with E-state index in [9.17, 15) is 4.79 Å². The number of amides is 1. The van der Waals surface area contributed by atoms with Gasteiger partial charge in [0, 0.05) is 32.2 Å². The SMILES string of the molecule is CN(C)c1nc(NC2CCC(CNC(=O)O)CC2)nc2c1CCCC2. The Hall–Kier alpha value is -2.05. The Morgan fingerprint density at radius 3 is 2.56 bits per heavy atom. The molecule has 0 spiro atoms. The quantitative estimate of drug-likeness (QED) is 0.759. The first kappa shape index (κ1) is 17.8. The molecule has 1 amide bonds. The van der Waals surface area contributed by atoms with Crippen molar-refractivity contribution in [1.82, 2.24) is 15.3 Å². The Morgan fingerprint density at radius 1 is 1.16 bits per heavy atom. The van der Waals surface area contributed by atoms with Crippen molar-refractivity contribution in [3.8, 4) is 0 Å². The summed E-state index contributed by atoms with van der Waals surface area (Å²) in [5.74, 6) is 2.24. The predicted octanol–water partition coefficient (Wildman–Crippen LogP) is 2.66. The molecule has 0 radical (unpaired) electrons. The maximum atomic E-state index is 10.6. The van der Waals surface area contributed by atoms with Gasteiger partial charge in [-0.05, 0) is 57.3 Å². The van der Waals surface area contributed by atoms with E-state index >= 15 is 0 Å². The summed E-state index contributed by atoms with van der Waals surface area (Å²) in [5.41, 5.74) is 2.51. The minimum absolute atomic E-state index is 0.373. The van der Waals surface area contributed by atoms with Crippen LogP contribution in [0, 0.1) is 5.92 Å². The fraction of sp³-hybridized carbons (Fsp3) is 0.722. The van der Waals surface area contributed by atoms with Crippen molar-refractivity contribution in [1.29, 1.82) is 0 Å². The number of anilines is 2. The molecule has 0 bridgehead atoms. The first-order chi connectivity index (χ1) is 12.0. The van der Waals surface area contributed by atoms with Crippen molar-refractivity contribution in [3.05, 3.63) is 11.3 Å². The van der Waals surface area contributed by atoms with Crippen molar-refractivity contribution >= 4 is 17.9 Å². The lowest BCUT2D eigenvalue weighted by Crippen LogP contribution is -2.33. The zero-order valence-electron chi connectivity index (χ0n) is 15.2. The number of nitrogens with zero attached hydrogens (tertiary/aromatic N) is 3. The van der Waals surface area contributed by atoms with Gasteiger partial charge in [-0.25, -0.2) is 9.78 Å². The summed E-state index contributed by atoms with van der Waals surface area (Å²) >= 11 is 0. The van der Waals surface area contributed by atoms with E-state index in [0.717, 1.165) is 50.3 Å². The minimum Gasteiger partial charge on any atom is -0.465 e. The first-order valence-electron chi connectivity index (χ1n) is 9.33. The highest BCUT2D eigenvalue weighted by atomic mass is 16.4. The van der Waals surface area contributed by atoms with Crippen molar-refractivity contribution < 1.29 is 9.90 Å². The third-order valence-corrected chi connectivity index (χ3v) is 5.31. The number of hydrogen-bond donors (Lipinski definition) is 3. The van der Waals surface area contributed by atoms with E-state index in [-0.39, 0.29) is 0 Å². The van der Waals surface area contributed by atoms with E-state index in [4.69, 9.17) is 15.1 Å². The van der Waals surface area contributed by atoms with Crippen LogP contribution in [-0.4, -0.2) is 47.8 Å². The number of rotatable bonds is 5. The highest BCUT2D eigenvalue weighted by Crippen LogP contribution is 2.30.